The number of hydrogen-bond acceptors (Lipinski definition) is 2. The number of para-hydroxylation sites is 1. The second-order valence-corrected chi connectivity index (χ2v) is 6.85. The van der Waals surface area contributed by atoms with Gasteiger partial charge in [-0.25, -0.2) is 0 Å². The van der Waals surface area contributed by atoms with Gasteiger partial charge in [-0.2, -0.15) is 23.0 Å². The number of nitrogens with zero attached hydrogens (tertiary/aromatic N) is 3. The van der Waals surface area contributed by atoms with Crippen LogP contribution in [0.5, 0.6) is 0 Å². The maximum Gasteiger partial charge on any atom is 0.416 e. The third-order valence-corrected chi connectivity index (χ3v) is 4.62. The lowest BCUT2D eigenvalue weighted by Crippen LogP contribution is -3.07. The second-order valence-electron chi connectivity index (χ2n) is 6.49. The maximum atomic E-state index is 12.7. The average Bonchev–Trinajstić information content (AvgIpc) is 2.88. The summed E-state index contributed by atoms with van der Waals surface area (Å²) >= 11 is 5.56. The van der Waals surface area contributed by atoms with Gasteiger partial charge in [0.25, 0.3) is 0 Å². The van der Waals surface area contributed by atoms with E-state index >= 15 is 0 Å². The largest absolute Gasteiger partial charge is 0.416 e. The summed E-state index contributed by atoms with van der Waals surface area (Å²) in [4.78, 5) is 1.06. The second kappa shape index (κ2) is 7.66. The minimum absolute atomic E-state index is 0.514. The Morgan fingerprint density at radius 2 is 1.67 bits per heavy atom. The van der Waals surface area contributed by atoms with Crippen molar-refractivity contribution in [1.29, 1.82) is 0 Å². The van der Waals surface area contributed by atoms with Gasteiger partial charge in [0.1, 0.15) is 12.4 Å². The lowest BCUT2D eigenvalue weighted by Gasteiger charge is -2.14. The first-order valence-corrected chi connectivity index (χ1v) is 8.86. The highest BCUT2D eigenvalue weighted by atomic mass is 32.1. The summed E-state index contributed by atoms with van der Waals surface area (Å²) in [6, 6.07) is 15.0. The molecule has 1 unspecified atom stereocenters. The van der Waals surface area contributed by atoms with Crippen LogP contribution in [0.1, 0.15) is 17.0 Å². The lowest BCUT2D eigenvalue weighted by atomic mass is 10.1. The number of aromatic nitrogens is 3. The molecule has 2 aromatic carbocycles. The molecule has 1 aromatic heterocycles. The van der Waals surface area contributed by atoms with E-state index in [1.54, 1.807) is 4.68 Å². The predicted octanol–water partition coefficient (Wildman–Crippen LogP) is 3.40. The number of rotatable bonds is 5. The molecule has 0 radical (unpaired) electrons. The molecule has 27 heavy (non-hydrogen) atoms. The van der Waals surface area contributed by atoms with Gasteiger partial charge in [0.05, 0.1) is 12.6 Å². The fourth-order valence-electron chi connectivity index (χ4n) is 2.96. The van der Waals surface area contributed by atoms with Gasteiger partial charge >= 0.3 is 6.18 Å². The molecule has 1 N–H and O–H groups in total. The van der Waals surface area contributed by atoms with Crippen LogP contribution in [0.15, 0.2) is 54.6 Å². The van der Waals surface area contributed by atoms with Crippen LogP contribution < -0.4 is 4.90 Å². The summed E-state index contributed by atoms with van der Waals surface area (Å²) in [5.74, 6) is 0.786. The van der Waals surface area contributed by atoms with Gasteiger partial charge in [0, 0.05) is 11.3 Å². The fourth-order valence-corrected chi connectivity index (χ4v) is 3.31. The molecule has 0 aliphatic heterocycles. The average molecular weight is 393 g/mol. The maximum absolute atomic E-state index is 12.7. The SMILES string of the molecule is Cc1nn(C[NH+](C)Cc2ccc(C(F)(F)F)cc2)c(=S)n1-c1ccccc1. The molecule has 4 nitrogen and oxygen atoms in total. The van der Waals surface area contributed by atoms with Gasteiger partial charge < -0.3 is 4.90 Å². The first-order valence-electron chi connectivity index (χ1n) is 8.45. The van der Waals surface area contributed by atoms with Crippen LogP contribution in [0.3, 0.4) is 0 Å². The van der Waals surface area contributed by atoms with Crippen LogP contribution >= 0.6 is 12.2 Å². The molecule has 0 aliphatic carbocycles. The Kier molecular flexibility index (Phi) is 5.48. The summed E-state index contributed by atoms with van der Waals surface area (Å²) in [7, 11) is 1.95. The predicted molar refractivity (Wildman–Crippen MR) is 99.2 cm³/mol. The summed E-state index contributed by atoms with van der Waals surface area (Å²) in [5, 5.41) is 4.52. The number of alkyl halides is 3. The van der Waals surface area contributed by atoms with E-state index in [2.05, 4.69) is 5.10 Å². The Bertz CT molecular complexity index is 959. The van der Waals surface area contributed by atoms with Crippen LogP contribution in [-0.2, 0) is 19.4 Å². The number of aryl methyl sites for hydroxylation is 1. The minimum atomic E-state index is -4.31. The number of quaternary nitrogens is 1. The molecule has 8 heteroatoms. The van der Waals surface area contributed by atoms with Crippen LogP contribution in [0, 0.1) is 11.7 Å². The molecule has 0 aliphatic rings. The molecule has 0 spiro atoms. The van der Waals surface area contributed by atoms with Crippen LogP contribution in [0.4, 0.5) is 13.2 Å². The monoisotopic (exact) mass is 393 g/mol. The first-order chi connectivity index (χ1) is 12.8. The standard InChI is InChI=1S/C19H19F3N4S/c1-14-23-25(18(27)26(14)17-6-4-3-5-7-17)13-24(2)12-15-8-10-16(11-9-15)19(20,21)22/h3-11H,12-13H2,1-2H3/p+1. The number of nitrogens with one attached hydrogen (secondary N) is 1. The van der Waals surface area contributed by atoms with Gasteiger partial charge in [-0.05, 0) is 43.4 Å². The molecule has 1 heterocycles. The van der Waals surface area contributed by atoms with Crippen molar-refractivity contribution >= 4 is 12.2 Å². The summed E-state index contributed by atoms with van der Waals surface area (Å²) < 4.78 is 42.2. The Labute approximate surface area is 160 Å². The van der Waals surface area contributed by atoms with E-state index in [-0.39, 0.29) is 0 Å². The zero-order valence-electron chi connectivity index (χ0n) is 15.0. The number of halogens is 3. The molecule has 3 rings (SSSR count). The molecular weight excluding hydrogens is 373 g/mol. The van der Waals surface area contributed by atoms with Crippen molar-refractivity contribution in [3.63, 3.8) is 0 Å². The summed E-state index contributed by atoms with van der Waals surface area (Å²) in [6.07, 6.45) is -4.31. The molecule has 0 saturated carbocycles. The van der Waals surface area contributed by atoms with E-state index in [1.807, 2.05) is 48.9 Å². The smallest absolute Gasteiger partial charge is 0.315 e. The van der Waals surface area contributed by atoms with Crippen molar-refractivity contribution in [3.8, 4) is 5.69 Å². The number of hydrogen-bond donors (Lipinski definition) is 1. The Balaban J connectivity index is 1.73. The summed E-state index contributed by atoms with van der Waals surface area (Å²) in [6.45, 7) is 2.97. The molecule has 0 saturated heterocycles. The van der Waals surface area contributed by atoms with E-state index in [4.69, 9.17) is 12.2 Å². The number of benzene rings is 2. The van der Waals surface area contributed by atoms with E-state index in [0.717, 1.165) is 34.1 Å². The molecule has 0 fully saturated rings. The van der Waals surface area contributed by atoms with Crippen LogP contribution in [0.2, 0.25) is 0 Å². The van der Waals surface area contributed by atoms with Crippen molar-refractivity contribution in [1.82, 2.24) is 14.3 Å². The van der Waals surface area contributed by atoms with Crippen molar-refractivity contribution in [2.75, 3.05) is 7.05 Å². The van der Waals surface area contributed by atoms with E-state index < -0.39 is 11.7 Å². The van der Waals surface area contributed by atoms with Crippen molar-refractivity contribution in [3.05, 3.63) is 76.3 Å². The third-order valence-electron chi connectivity index (χ3n) is 4.22. The quantitative estimate of drug-likeness (QED) is 0.673. The Hall–Kier alpha value is -2.45. The highest BCUT2D eigenvalue weighted by Crippen LogP contribution is 2.28. The van der Waals surface area contributed by atoms with Crippen LogP contribution in [0.25, 0.3) is 5.69 Å². The first kappa shape index (κ1) is 19.3. The van der Waals surface area contributed by atoms with Gasteiger partial charge in [0.15, 0.2) is 6.67 Å². The van der Waals surface area contributed by atoms with Crippen molar-refractivity contribution in [2.24, 2.45) is 0 Å². The lowest BCUT2D eigenvalue weighted by molar-refractivity contribution is -0.917. The van der Waals surface area contributed by atoms with E-state index in [1.165, 1.54) is 12.1 Å². The fraction of sp³-hybridized carbons (Fsp3) is 0.263. The highest BCUT2D eigenvalue weighted by Gasteiger charge is 2.30. The molecule has 1 atom stereocenters. The van der Waals surface area contributed by atoms with Gasteiger partial charge in [-0.3, -0.25) is 4.57 Å². The molecule has 0 bridgehead atoms. The summed E-state index contributed by atoms with van der Waals surface area (Å²) in [5.41, 5.74) is 1.14. The third kappa shape index (κ3) is 4.45. The normalized spacial score (nSPS) is 12.9. The topological polar surface area (TPSA) is 27.2 Å². The van der Waals surface area contributed by atoms with Crippen LogP contribution in [-0.4, -0.2) is 21.4 Å². The van der Waals surface area contributed by atoms with Gasteiger partial charge in [0.2, 0.25) is 4.77 Å². The zero-order chi connectivity index (χ0) is 19.6. The van der Waals surface area contributed by atoms with Crippen molar-refractivity contribution in [2.45, 2.75) is 26.3 Å². The Morgan fingerprint density at radius 1 is 1.04 bits per heavy atom. The van der Waals surface area contributed by atoms with Gasteiger partial charge in [-0.15, -0.1) is 0 Å². The molecule has 3 aromatic rings. The molecular formula is C19H20F3N4S+. The zero-order valence-corrected chi connectivity index (χ0v) is 15.8. The van der Waals surface area contributed by atoms with E-state index in [0.29, 0.717) is 18.0 Å². The van der Waals surface area contributed by atoms with E-state index in [9.17, 15) is 13.2 Å². The Morgan fingerprint density at radius 3 is 2.26 bits per heavy atom. The van der Waals surface area contributed by atoms with Crippen molar-refractivity contribution < 1.29 is 18.1 Å². The molecule has 142 valence electrons. The van der Waals surface area contributed by atoms with Gasteiger partial charge in [-0.1, -0.05) is 30.3 Å². The highest BCUT2D eigenvalue weighted by molar-refractivity contribution is 7.71. The minimum Gasteiger partial charge on any atom is -0.315 e. The molecule has 0 amide bonds.